The average Bonchev–Trinajstić information content (AvgIpc) is 2.91. The fourth-order valence-electron chi connectivity index (χ4n) is 3.81. The molecule has 1 aromatic heterocycles. The Bertz CT molecular complexity index is 1240. The van der Waals surface area contributed by atoms with Gasteiger partial charge in [-0.25, -0.2) is 0 Å². The Balaban J connectivity index is 1.47. The van der Waals surface area contributed by atoms with E-state index in [0.717, 1.165) is 28.8 Å². The van der Waals surface area contributed by atoms with E-state index in [-0.39, 0.29) is 5.91 Å². The number of nitrogens with one attached hydrogen (secondary N) is 1. The van der Waals surface area contributed by atoms with Crippen molar-refractivity contribution < 1.29 is 14.3 Å². The Hall–Kier alpha value is -4.12. The van der Waals surface area contributed by atoms with Crippen molar-refractivity contribution in [3.05, 3.63) is 114 Å². The number of pyridine rings is 1. The van der Waals surface area contributed by atoms with E-state index in [1.807, 2.05) is 60.7 Å². The number of nitrogens with zero attached hydrogens (tertiary/aromatic N) is 1. The second-order valence-electron chi connectivity index (χ2n) is 7.84. The molecular formula is C29H28N2O3. The number of hydrogen-bond donors (Lipinski definition) is 1. The summed E-state index contributed by atoms with van der Waals surface area (Å²) in [5.41, 5.74) is 5.76. The molecule has 0 unspecified atom stereocenters. The van der Waals surface area contributed by atoms with Gasteiger partial charge in [-0.3, -0.25) is 9.78 Å². The summed E-state index contributed by atoms with van der Waals surface area (Å²) in [5, 5.41) is 2.89. The van der Waals surface area contributed by atoms with Gasteiger partial charge in [-0.1, -0.05) is 61.5 Å². The molecule has 172 valence electrons. The molecule has 0 aliphatic carbocycles. The van der Waals surface area contributed by atoms with Crippen molar-refractivity contribution in [1.82, 2.24) is 10.3 Å². The minimum Gasteiger partial charge on any atom is -0.493 e. The zero-order valence-electron chi connectivity index (χ0n) is 19.5. The Morgan fingerprint density at radius 2 is 1.65 bits per heavy atom. The Morgan fingerprint density at radius 1 is 0.882 bits per heavy atom. The van der Waals surface area contributed by atoms with Crippen LogP contribution < -0.4 is 14.8 Å². The van der Waals surface area contributed by atoms with Crippen LogP contribution in [-0.4, -0.2) is 18.0 Å². The zero-order valence-corrected chi connectivity index (χ0v) is 19.5. The van der Waals surface area contributed by atoms with Crippen molar-refractivity contribution in [3.8, 4) is 22.6 Å². The Labute approximate surface area is 200 Å². The van der Waals surface area contributed by atoms with Gasteiger partial charge in [0.05, 0.1) is 19.3 Å². The van der Waals surface area contributed by atoms with Gasteiger partial charge in [-0.15, -0.1) is 0 Å². The zero-order chi connectivity index (χ0) is 23.8. The molecule has 0 radical (unpaired) electrons. The Kier molecular flexibility index (Phi) is 7.56. The van der Waals surface area contributed by atoms with E-state index in [1.54, 1.807) is 13.3 Å². The topological polar surface area (TPSA) is 60.5 Å². The summed E-state index contributed by atoms with van der Waals surface area (Å²) in [7, 11) is 1.65. The van der Waals surface area contributed by atoms with Crippen LogP contribution in [0, 0.1) is 0 Å². The predicted molar refractivity (Wildman–Crippen MR) is 134 cm³/mol. The molecule has 1 amide bonds. The lowest BCUT2D eigenvalue weighted by Crippen LogP contribution is -2.23. The highest BCUT2D eigenvalue weighted by atomic mass is 16.5. The van der Waals surface area contributed by atoms with Crippen LogP contribution in [0.1, 0.15) is 34.1 Å². The van der Waals surface area contributed by atoms with Crippen LogP contribution in [0.25, 0.3) is 11.1 Å². The molecule has 5 nitrogen and oxygen atoms in total. The molecule has 0 fully saturated rings. The number of methoxy groups -OCH3 is 1. The van der Waals surface area contributed by atoms with Crippen LogP contribution in [-0.2, 0) is 19.6 Å². The van der Waals surface area contributed by atoms with Crippen molar-refractivity contribution in [2.24, 2.45) is 0 Å². The third kappa shape index (κ3) is 5.44. The van der Waals surface area contributed by atoms with Crippen molar-refractivity contribution in [1.29, 1.82) is 0 Å². The number of rotatable bonds is 9. The summed E-state index contributed by atoms with van der Waals surface area (Å²) < 4.78 is 11.9. The fraction of sp³-hybridized carbons (Fsp3) is 0.172. The van der Waals surface area contributed by atoms with Gasteiger partial charge in [0.2, 0.25) is 0 Å². The molecule has 0 saturated carbocycles. The molecule has 0 aliphatic heterocycles. The van der Waals surface area contributed by atoms with Gasteiger partial charge >= 0.3 is 0 Å². The first-order chi connectivity index (χ1) is 16.7. The van der Waals surface area contributed by atoms with Crippen LogP contribution in [0.2, 0.25) is 0 Å². The van der Waals surface area contributed by atoms with Gasteiger partial charge in [0.15, 0.2) is 11.5 Å². The number of aromatic nitrogens is 1. The second-order valence-corrected chi connectivity index (χ2v) is 7.84. The van der Waals surface area contributed by atoms with E-state index in [2.05, 4.69) is 41.5 Å². The fourth-order valence-corrected chi connectivity index (χ4v) is 3.81. The van der Waals surface area contributed by atoms with Crippen molar-refractivity contribution in [3.63, 3.8) is 0 Å². The average molecular weight is 453 g/mol. The maximum atomic E-state index is 12.5. The first kappa shape index (κ1) is 23.1. The minimum atomic E-state index is -0.138. The van der Waals surface area contributed by atoms with Gasteiger partial charge in [-0.2, -0.15) is 0 Å². The molecule has 4 rings (SSSR count). The third-order valence-electron chi connectivity index (χ3n) is 5.64. The summed E-state index contributed by atoms with van der Waals surface area (Å²) in [5.74, 6) is 1.26. The number of amides is 1. The number of ether oxygens (including phenoxy) is 2. The van der Waals surface area contributed by atoms with Crippen molar-refractivity contribution in [2.45, 2.75) is 26.5 Å². The van der Waals surface area contributed by atoms with Gasteiger partial charge in [-0.05, 0) is 53.4 Å². The van der Waals surface area contributed by atoms with E-state index < -0.39 is 0 Å². The number of aryl methyl sites for hydroxylation is 1. The lowest BCUT2D eigenvalue weighted by molar-refractivity contribution is 0.0950. The van der Waals surface area contributed by atoms with Crippen LogP contribution in [0.4, 0.5) is 0 Å². The maximum Gasteiger partial charge on any atom is 0.251 e. The number of benzene rings is 3. The highest BCUT2D eigenvalue weighted by Crippen LogP contribution is 2.40. The van der Waals surface area contributed by atoms with Gasteiger partial charge in [0, 0.05) is 17.3 Å². The largest absolute Gasteiger partial charge is 0.493 e. The van der Waals surface area contributed by atoms with E-state index in [0.29, 0.717) is 30.2 Å². The van der Waals surface area contributed by atoms with E-state index in [4.69, 9.17) is 9.47 Å². The lowest BCUT2D eigenvalue weighted by Gasteiger charge is -2.17. The summed E-state index contributed by atoms with van der Waals surface area (Å²) in [4.78, 5) is 16.7. The molecule has 3 aromatic carbocycles. The Morgan fingerprint density at radius 3 is 2.38 bits per heavy atom. The number of carbonyl (C=O) groups is 1. The molecule has 0 aliphatic rings. The smallest absolute Gasteiger partial charge is 0.251 e. The number of carbonyl (C=O) groups excluding carboxylic acids is 1. The van der Waals surface area contributed by atoms with Crippen LogP contribution in [0.3, 0.4) is 0 Å². The summed E-state index contributed by atoms with van der Waals surface area (Å²) >= 11 is 0. The lowest BCUT2D eigenvalue weighted by atomic mass is 9.97. The molecule has 1 heterocycles. The second kappa shape index (κ2) is 11.1. The van der Waals surface area contributed by atoms with E-state index in [1.165, 1.54) is 5.56 Å². The normalized spacial score (nSPS) is 10.5. The van der Waals surface area contributed by atoms with Crippen LogP contribution >= 0.6 is 0 Å². The van der Waals surface area contributed by atoms with Crippen molar-refractivity contribution in [2.75, 3.05) is 7.11 Å². The number of para-hydroxylation sites is 1. The van der Waals surface area contributed by atoms with E-state index in [9.17, 15) is 4.79 Å². The summed E-state index contributed by atoms with van der Waals surface area (Å²) in [6.45, 7) is 2.89. The maximum absolute atomic E-state index is 12.5. The van der Waals surface area contributed by atoms with Gasteiger partial charge in [0.1, 0.15) is 6.61 Å². The van der Waals surface area contributed by atoms with Gasteiger partial charge in [0.25, 0.3) is 5.91 Å². The molecule has 4 aromatic rings. The van der Waals surface area contributed by atoms with Crippen LogP contribution in [0.15, 0.2) is 91.1 Å². The first-order valence-corrected chi connectivity index (χ1v) is 11.3. The molecule has 34 heavy (non-hydrogen) atoms. The minimum absolute atomic E-state index is 0.138. The highest BCUT2D eigenvalue weighted by molar-refractivity contribution is 5.94. The monoisotopic (exact) mass is 452 g/mol. The summed E-state index contributed by atoms with van der Waals surface area (Å²) in [6, 6.07) is 27.3. The van der Waals surface area contributed by atoms with Gasteiger partial charge < -0.3 is 14.8 Å². The molecule has 0 atom stereocenters. The van der Waals surface area contributed by atoms with E-state index >= 15 is 0 Å². The predicted octanol–water partition coefficient (Wildman–Crippen LogP) is 5.83. The number of hydrogen-bond acceptors (Lipinski definition) is 4. The third-order valence-corrected chi connectivity index (χ3v) is 5.64. The SMILES string of the molecule is CCc1ccccc1-c1cccc(OC)c1OCc1ccc(C(=O)NCc2ccccn2)cc1. The molecule has 0 spiro atoms. The molecule has 0 saturated heterocycles. The quantitative estimate of drug-likeness (QED) is 0.347. The molecule has 1 N–H and O–H groups in total. The molecule has 5 heteroatoms. The van der Waals surface area contributed by atoms with Crippen molar-refractivity contribution >= 4 is 5.91 Å². The summed E-state index contributed by atoms with van der Waals surface area (Å²) in [6.07, 6.45) is 2.64. The standard InChI is InChI=1S/C29H28N2O3/c1-3-22-9-4-5-11-25(22)26-12-8-13-27(33-2)28(26)34-20-21-14-16-23(17-15-21)29(32)31-19-24-10-6-7-18-30-24/h4-18H,3,19-20H2,1-2H3,(H,31,32). The molecule has 0 bridgehead atoms. The van der Waals surface area contributed by atoms with Crippen LogP contribution in [0.5, 0.6) is 11.5 Å². The molecular weight excluding hydrogens is 424 g/mol. The highest BCUT2D eigenvalue weighted by Gasteiger charge is 2.15. The first-order valence-electron chi connectivity index (χ1n) is 11.3.